The average Bonchev–Trinajstić information content (AvgIpc) is 2.47. The molecule has 122 valence electrons. The molecule has 2 aliphatic rings. The van der Waals surface area contributed by atoms with Crippen molar-refractivity contribution in [2.24, 2.45) is 0 Å². The third-order valence-electron chi connectivity index (χ3n) is 4.33. The van der Waals surface area contributed by atoms with Crippen molar-refractivity contribution in [3.8, 4) is 0 Å². The lowest BCUT2D eigenvalue weighted by atomic mass is 9.81. The molecule has 0 radical (unpaired) electrons. The summed E-state index contributed by atoms with van der Waals surface area (Å²) >= 11 is 0. The zero-order valence-electron chi connectivity index (χ0n) is 13.0. The molecular weight excluding hydrogens is 272 g/mol. The van der Waals surface area contributed by atoms with Crippen LogP contribution >= 0.6 is 0 Å². The van der Waals surface area contributed by atoms with Crippen molar-refractivity contribution in [1.29, 1.82) is 0 Å². The van der Waals surface area contributed by atoms with E-state index in [2.05, 4.69) is 0 Å². The Balaban J connectivity index is 1.78. The number of ether oxygens (including phenoxy) is 3. The van der Waals surface area contributed by atoms with E-state index < -0.39 is 12.4 Å². The number of rotatable bonds is 6. The topological polar surface area (TPSA) is 65.0 Å². The summed E-state index contributed by atoms with van der Waals surface area (Å²) in [6.07, 6.45) is 7.79. The van der Waals surface area contributed by atoms with E-state index in [-0.39, 0.29) is 18.2 Å². The van der Waals surface area contributed by atoms with Crippen molar-refractivity contribution in [3.63, 3.8) is 0 Å². The van der Waals surface area contributed by atoms with Gasteiger partial charge in [0.05, 0.1) is 18.3 Å². The first kappa shape index (κ1) is 16.7. The Kier molecular flexibility index (Phi) is 6.45. The lowest BCUT2D eigenvalue weighted by Gasteiger charge is -2.38. The molecule has 1 saturated carbocycles. The summed E-state index contributed by atoms with van der Waals surface area (Å²) in [5, 5.41) is 9.68. The molecular formula is C16H28O5. The molecule has 0 bridgehead atoms. The molecule has 2 rings (SSSR count). The molecule has 0 aromatic rings. The predicted molar refractivity (Wildman–Crippen MR) is 77.7 cm³/mol. The highest BCUT2D eigenvalue weighted by Crippen LogP contribution is 2.35. The maximum atomic E-state index is 11.9. The van der Waals surface area contributed by atoms with Crippen LogP contribution in [-0.2, 0) is 19.0 Å². The average molecular weight is 300 g/mol. The molecule has 2 fully saturated rings. The molecule has 2 atom stereocenters. The van der Waals surface area contributed by atoms with Crippen molar-refractivity contribution < 1.29 is 24.1 Å². The molecule has 1 aliphatic heterocycles. The van der Waals surface area contributed by atoms with Crippen molar-refractivity contribution in [1.82, 2.24) is 0 Å². The summed E-state index contributed by atoms with van der Waals surface area (Å²) in [6, 6.07) is 0. The summed E-state index contributed by atoms with van der Waals surface area (Å²) < 4.78 is 16.6. The first-order chi connectivity index (χ1) is 10.1. The smallest absolute Gasteiger partial charge is 0.334 e. The van der Waals surface area contributed by atoms with Crippen LogP contribution in [0.5, 0.6) is 0 Å². The molecule has 0 aromatic carbocycles. The van der Waals surface area contributed by atoms with Crippen LogP contribution in [0.1, 0.15) is 64.7 Å². The standard InChI is InChI=1S/C16H28O5/c1-13(17)11-16(8-4-2-5-9-16)20-12-14(18)21-15-7-3-6-10-19-15/h13,15,17H,2-12H2,1H3. The van der Waals surface area contributed by atoms with Gasteiger partial charge in [-0.2, -0.15) is 0 Å². The monoisotopic (exact) mass is 300 g/mol. The third-order valence-corrected chi connectivity index (χ3v) is 4.33. The van der Waals surface area contributed by atoms with E-state index in [1.165, 1.54) is 6.42 Å². The normalized spacial score (nSPS) is 27.0. The van der Waals surface area contributed by atoms with Gasteiger partial charge in [0.15, 0.2) is 0 Å². The van der Waals surface area contributed by atoms with Crippen LogP contribution in [-0.4, -0.2) is 42.3 Å². The van der Waals surface area contributed by atoms with Crippen LogP contribution in [0.3, 0.4) is 0 Å². The van der Waals surface area contributed by atoms with E-state index in [0.717, 1.165) is 44.9 Å². The van der Waals surface area contributed by atoms with E-state index in [0.29, 0.717) is 13.0 Å². The van der Waals surface area contributed by atoms with Gasteiger partial charge in [0, 0.05) is 12.8 Å². The molecule has 0 amide bonds. The van der Waals surface area contributed by atoms with Gasteiger partial charge in [0.1, 0.15) is 6.61 Å². The zero-order valence-corrected chi connectivity index (χ0v) is 13.0. The second-order valence-electron chi connectivity index (χ2n) is 6.37. The second kappa shape index (κ2) is 8.11. The van der Waals surface area contributed by atoms with Crippen LogP contribution in [0.4, 0.5) is 0 Å². The Labute approximate surface area is 126 Å². The van der Waals surface area contributed by atoms with Crippen molar-refractivity contribution >= 4 is 5.97 Å². The summed E-state index contributed by atoms with van der Waals surface area (Å²) in [5.41, 5.74) is -0.362. The first-order valence-electron chi connectivity index (χ1n) is 8.23. The van der Waals surface area contributed by atoms with Crippen molar-refractivity contribution in [3.05, 3.63) is 0 Å². The van der Waals surface area contributed by atoms with Gasteiger partial charge in [-0.25, -0.2) is 4.79 Å². The molecule has 1 heterocycles. The van der Waals surface area contributed by atoms with Gasteiger partial charge >= 0.3 is 5.97 Å². The highest BCUT2D eigenvalue weighted by Gasteiger charge is 2.35. The number of hydrogen-bond donors (Lipinski definition) is 1. The first-order valence-corrected chi connectivity index (χ1v) is 8.23. The lowest BCUT2D eigenvalue weighted by molar-refractivity contribution is -0.198. The Morgan fingerprint density at radius 3 is 2.67 bits per heavy atom. The Morgan fingerprint density at radius 2 is 2.05 bits per heavy atom. The number of aliphatic hydroxyl groups is 1. The van der Waals surface area contributed by atoms with Crippen LogP contribution in [0.25, 0.3) is 0 Å². The van der Waals surface area contributed by atoms with Gasteiger partial charge in [-0.3, -0.25) is 0 Å². The molecule has 2 unspecified atom stereocenters. The van der Waals surface area contributed by atoms with Crippen molar-refractivity contribution in [2.75, 3.05) is 13.2 Å². The maximum absolute atomic E-state index is 11.9. The Hall–Kier alpha value is -0.650. The fourth-order valence-corrected chi connectivity index (χ4v) is 3.34. The number of carbonyl (C=O) groups is 1. The lowest BCUT2D eigenvalue weighted by Crippen LogP contribution is -2.40. The highest BCUT2D eigenvalue weighted by atomic mass is 16.7. The summed E-state index contributed by atoms with van der Waals surface area (Å²) in [7, 11) is 0. The molecule has 5 heteroatoms. The predicted octanol–water partition coefficient (Wildman–Crippen LogP) is 2.55. The largest absolute Gasteiger partial charge is 0.434 e. The van der Waals surface area contributed by atoms with Gasteiger partial charge in [0.2, 0.25) is 6.29 Å². The number of esters is 1. The maximum Gasteiger partial charge on any atom is 0.334 e. The fraction of sp³-hybridized carbons (Fsp3) is 0.938. The van der Waals surface area contributed by atoms with Gasteiger partial charge in [-0.1, -0.05) is 19.3 Å². The molecule has 0 aromatic heterocycles. The molecule has 1 N–H and O–H groups in total. The molecule has 1 saturated heterocycles. The molecule has 1 aliphatic carbocycles. The van der Waals surface area contributed by atoms with E-state index in [4.69, 9.17) is 14.2 Å². The minimum Gasteiger partial charge on any atom is -0.434 e. The zero-order chi connectivity index (χ0) is 15.1. The number of aliphatic hydroxyl groups excluding tert-OH is 1. The summed E-state index contributed by atoms with van der Waals surface area (Å²) in [5.74, 6) is -0.363. The quantitative estimate of drug-likeness (QED) is 0.764. The second-order valence-corrected chi connectivity index (χ2v) is 6.37. The van der Waals surface area contributed by atoms with E-state index in [1.54, 1.807) is 6.92 Å². The minimum atomic E-state index is -0.416. The van der Waals surface area contributed by atoms with Gasteiger partial charge in [-0.15, -0.1) is 0 Å². The third kappa shape index (κ3) is 5.57. The SMILES string of the molecule is CC(O)CC1(OCC(=O)OC2CCCCO2)CCCCC1. The summed E-state index contributed by atoms with van der Waals surface area (Å²) in [4.78, 5) is 11.9. The van der Waals surface area contributed by atoms with E-state index in [9.17, 15) is 9.90 Å². The van der Waals surface area contributed by atoms with E-state index >= 15 is 0 Å². The molecule has 5 nitrogen and oxygen atoms in total. The number of carbonyl (C=O) groups excluding carboxylic acids is 1. The van der Waals surface area contributed by atoms with Gasteiger partial charge in [0.25, 0.3) is 0 Å². The van der Waals surface area contributed by atoms with Gasteiger partial charge < -0.3 is 19.3 Å². The van der Waals surface area contributed by atoms with Crippen LogP contribution in [0.15, 0.2) is 0 Å². The Bertz CT molecular complexity index is 317. The van der Waals surface area contributed by atoms with Crippen LogP contribution < -0.4 is 0 Å². The van der Waals surface area contributed by atoms with Crippen LogP contribution in [0.2, 0.25) is 0 Å². The Morgan fingerprint density at radius 1 is 1.29 bits per heavy atom. The van der Waals surface area contributed by atoms with Crippen molar-refractivity contribution in [2.45, 2.75) is 82.7 Å². The number of hydrogen-bond acceptors (Lipinski definition) is 5. The summed E-state index contributed by atoms with van der Waals surface area (Å²) in [6.45, 7) is 2.38. The fourth-order valence-electron chi connectivity index (χ4n) is 3.34. The molecule has 21 heavy (non-hydrogen) atoms. The van der Waals surface area contributed by atoms with Gasteiger partial charge in [-0.05, 0) is 32.6 Å². The minimum absolute atomic E-state index is 0.0490. The molecule has 0 spiro atoms. The highest BCUT2D eigenvalue weighted by molar-refractivity contribution is 5.70. The van der Waals surface area contributed by atoms with Crippen LogP contribution in [0, 0.1) is 0 Å². The van der Waals surface area contributed by atoms with E-state index in [1.807, 2.05) is 0 Å².